The van der Waals surface area contributed by atoms with Crippen LogP contribution in [-0.4, -0.2) is 28.3 Å². The van der Waals surface area contributed by atoms with Crippen LogP contribution in [0.3, 0.4) is 0 Å². The number of esters is 1. The van der Waals surface area contributed by atoms with Gasteiger partial charge >= 0.3 is 5.97 Å². The van der Waals surface area contributed by atoms with Crippen molar-refractivity contribution in [2.24, 2.45) is 0 Å². The number of carbonyl (C=O) groups is 1. The predicted molar refractivity (Wildman–Crippen MR) is 63.7 cm³/mol. The van der Waals surface area contributed by atoms with Crippen molar-refractivity contribution in [1.29, 1.82) is 0 Å². The fraction of sp³-hybridized carbons (Fsp3) is 0.182. The lowest BCUT2D eigenvalue weighted by Gasteiger charge is -2.03. The van der Waals surface area contributed by atoms with Crippen molar-refractivity contribution in [2.45, 2.75) is 10.9 Å². The maximum Gasteiger partial charge on any atom is 0.340 e. The molecule has 0 aliphatic carbocycles. The highest BCUT2D eigenvalue weighted by molar-refractivity contribution is 7.98. The molecule has 5 nitrogen and oxygen atoms in total. The van der Waals surface area contributed by atoms with Crippen LogP contribution in [0.4, 0.5) is 4.39 Å². The topological polar surface area (TPSA) is 67.9 Å². The quantitative estimate of drug-likeness (QED) is 0.678. The number of nitrogens with one attached hydrogen (secondary N) is 1. The molecule has 0 aliphatic rings. The van der Waals surface area contributed by atoms with E-state index in [1.807, 2.05) is 0 Å². The summed E-state index contributed by atoms with van der Waals surface area (Å²) in [4.78, 5) is 15.1. The smallest absolute Gasteiger partial charge is 0.340 e. The Balaban J connectivity index is 2.07. The minimum absolute atomic E-state index is 0.0640. The van der Waals surface area contributed by atoms with Crippen molar-refractivity contribution in [3.63, 3.8) is 0 Å². The van der Waals surface area contributed by atoms with Gasteiger partial charge in [0.2, 0.25) is 0 Å². The summed E-state index contributed by atoms with van der Waals surface area (Å²) in [7, 11) is 1.22. The Labute approximate surface area is 107 Å². The number of nitrogens with zero attached hydrogens (tertiary/aromatic N) is 2. The summed E-state index contributed by atoms with van der Waals surface area (Å²) in [6.45, 7) is 0. The van der Waals surface area contributed by atoms with Gasteiger partial charge in [0.15, 0.2) is 5.16 Å². The van der Waals surface area contributed by atoms with Gasteiger partial charge in [-0.2, -0.15) is 5.10 Å². The lowest BCUT2D eigenvalue weighted by molar-refractivity contribution is 0.0595. The average Bonchev–Trinajstić information content (AvgIpc) is 2.88. The van der Waals surface area contributed by atoms with Crippen LogP contribution in [0.15, 0.2) is 29.7 Å². The molecule has 2 rings (SSSR count). The third kappa shape index (κ3) is 2.86. The first kappa shape index (κ1) is 12.6. The van der Waals surface area contributed by atoms with Crippen LogP contribution in [0.5, 0.6) is 0 Å². The van der Waals surface area contributed by atoms with Gasteiger partial charge in [-0.1, -0.05) is 17.8 Å². The fourth-order valence-electron chi connectivity index (χ4n) is 1.34. The summed E-state index contributed by atoms with van der Waals surface area (Å²) in [5.74, 6) is -0.729. The number of carbonyl (C=O) groups excluding carboxylic acids is 1. The number of rotatable bonds is 4. The van der Waals surface area contributed by atoms with Crippen LogP contribution in [0, 0.1) is 5.82 Å². The van der Waals surface area contributed by atoms with Crippen LogP contribution >= 0.6 is 11.8 Å². The van der Waals surface area contributed by atoms with E-state index in [1.54, 1.807) is 6.07 Å². The van der Waals surface area contributed by atoms with Crippen LogP contribution in [0.1, 0.15) is 15.9 Å². The van der Waals surface area contributed by atoms with Crippen molar-refractivity contribution in [3.05, 3.63) is 41.5 Å². The van der Waals surface area contributed by atoms with E-state index in [0.717, 1.165) is 5.56 Å². The summed E-state index contributed by atoms with van der Waals surface area (Å²) in [5, 5.41) is 7.06. The first-order chi connectivity index (χ1) is 8.70. The van der Waals surface area contributed by atoms with Crippen LogP contribution in [0.2, 0.25) is 0 Å². The third-order valence-corrected chi connectivity index (χ3v) is 3.16. The second-order valence-electron chi connectivity index (χ2n) is 3.39. The number of aromatic nitrogens is 3. The van der Waals surface area contributed by atoms with Gasteiger partial charge in [-0.05, 0) is 17.7 Å². The van der Waals surface area contributed by atoms with Crippen molar-refractivity contribution in [2.75, 3.05) is 7.11 Å². The second-order valence-corrected chi connectivity index (χ2v) is 4.35. The molecule has 0 amide bonds. The summed E-state index contributed by atoms with van der Waals surface area (Å²) in [5.41, 5.74) is 0.687. The SMILES string of the molecule is COC(=O)c1ccc(CSc2ncn[nH]2)cc1F. The number of hydrogen-bond acceptors (Lipinski definition) is 5. The van der Waals surface area contributed by atoms with Gasteiger partial charge in [0.25, 0.3) is 0 Å². The second kappa shape index (κ2) is 5.63. The Morgan fingerprint density at radius 3 is 3.00 bits per heavy atom. The highest BCUT2D eigenvalue weighted by atomic mass is 32.2. The van der Waals surface area contributed by atoms with Crippen molar-refractivity contribution < 1.29 is 13.9 Å². The Kier molecular flexibility index (Phi) is 3.93. The molecule has 0 atom stereocenters. The van der Waals surface area contributed by atoms with E-state index in [0.29, 0.717) is 10.9 Å². The number of hydrogen-bond donors (Lipinski definition) is 1. The average molecular weight is 267 g/mol. The maximum atomic E-state index is 13.6. The number of benzene rings is 1. The first-order valence-electron chi connectivity index (χ1n) is 5.05. The molecule has 0 radical (unpaired) electrons. The molecule has 1 heterocycles. The maximum absolute atomic E-state index is 13.6. The van der Waals surface area contributed by atoms with Crippen molar-refractivity contribution in [3.8, 4) is 0 Å². The van der Waals surface area contributed by atoms with Crippen molar-refractivity contribution in [1.82, 2.24) is 15.2 Å². The predicted octanol–water partition coefficient (Wildman–Crippen LogP) is 2.02. The molecule has 0 saturated heterocycles. The largest absolute Gasteiger partial charge is 0.465 e. The summed E-state index contributed by atoms with van der Waals surface area (Å²) >= 11 is 1.40. The van der Waals surface area contributed by atoms with Gasteiger partial charge < -0.3 is 4.74 Å². The molecule has 0 aliphatic heterocycles. The zero-order chi connectivity index (χ0) is 13.0. The standard InChI is InChI=1S/C11H10FN3O2S/c1-17-10(16)8-3-2-7(4-9(8)12)5-18-11-13-6-14-15-11/h2-4,6H,5H2,1H3,(H,13,14,15). The fourth-order valence-corrected chi connectivity index (χ4v) is 2.06. The number of halogens is 1. The highest BCUT2D eigenvalue weighted by Crippen LogP contribution is 2.20. The van der Waals surface area contributed by atoms with E-state index in [1.165, 1.54) is 37.3 Å². The van der Waals surface area contributed by atoms with Gasteiger partial charge in [-0.25, -0.2) is 14.2 Å². The molecule has 1 aromatic heterocycles. The Morgan fingerprint density at radius 2 is 2.39 bits per heavy atom. The van der Waals surface area contributed by atoms with Crippen molar-refractivity contribution >= 4 is 17.7 Å². The van der Waals surface area contributed by atoms with Gasteiger partial charge in [-0.15, -0.1) is 0 Å². The summed E-state index contributed by atoms with van der Waals surface area (Å²) in [6.07, 6.45) is 1.41. The van der Waals surface area contributed by atoms with Crippen LogP contribution in [0.25, 0.3) is 0 Å². The zero-order valence-electron chi connectivity index (χ0n) is 9.51. The molecular weight excluding hydrogens is 257 g/mol. The van der Waals surface area contributed by atoms with E-state index in [4.69, 9.17) is 0 Å². The molecule has 7 heteroatoms. The lowest BCUT2D eigenvalue weighted by Crippen LogP contribution is -2.04. The molecule has 94 valence electrons. The van der Waals surface area contributed by atoms with Gasteiger partial charge in [0.1, 0.15) is 12.1 Å². The Bertz CT molecular complexity index is 545. The molecule has 2 aromatic rings. The monoisotopic (exact) mass is 267 g/mol. The van der Waals surface area contributed by atoms with Gasteiger partial charge in [0.05, 0.1) is 12.7 Å². The highest BCUT2D eigenvalue weighted by Gasteiger charge is 2.12. The molecule has 18 heavy (non-hydrogen) atoms. The van der Waals surface area contributed by atoms with E-state index in [-0.39, 0.29) is 5.56 Å². The van der Waals surface area contributed by atoms with Gasteiger partial charge in [-0.3, -0.25) is 5.10 Å². The number of ether oxygens (including phenoxy) is 1. The van der Waals surface area contributed by atoms with Crippen LogP contribution < -0.4 is 0 Å². The summed E-state index contributed by atoms with van der Waals surface area (Å²) in [6, 6.07) is 4.41. The van der Waals surface area contributed by atoms with E-state index >= 15 is 0 Å². The van der Waals surface area contributed by atoms with Crippen LogP contribution in [-0.2, 0) is 10.5 Å². The molecule has 1 N–H and O–H groups in total. The zero-order valence-corrected chi connectivity index (χ0v) is 10.3. The lowest BCUT2D eigenvalue weighted by atomic mass is 10.1. The first-order valence-corrected chi connectivity index (χ1v) is 6.04. The molecule has 0 bridgehead atoms. The van der Waals surface area contributed by atoms with E-state index < -0.39 is 11.8 Å². The van der Waals surface area contributed by atoms with E-state index in [9.17, 15) is 9.18 Å². The molecule has 0 saturated carbocycles. The number of thioether (sulfide) groups is 1. The number of aromatic amines is 1. The molecule has 1 aromatic carbocycles. The van der Waals surface area contributed by atoms with E-state index in [2.05, 4.69) is 19.9 Å². The minimum Gasteiger partial charge on any atom is -0.465 e. The minimum atomic E-state index is -0.679. The molecule has 0 unspecified atom stereocenters. The number of H-pyrrole nitrogens is 1. The Hall–Kier alpha value is -1.89. The van der Waals surface area contributed by atoms with Gasteiger partial charge in [0, 0.05) is 5.75 Å². The normalized spacial score (nSPS) is 10.3. The third-order valence-electron chi connectivity index (χ3n) is 2.21. The molecule has 0 spiro atoms. The Morgan fingerprint density at radius 1 is 1.56 bits per heavy atom. The number of methoxy groups -OCH3 is 1. The summed E-state index contributed by atoms with van der Waals surface area (Å²) < 4.78 is 18.1. The molecule has 0 fully saturated rings. The molecular formula is C11H10FN3O2S.